The molecule has 0 saturated carbocycles. The van der Waals surface area contributed by atoms with Crippen LogP contribution in [0.3, 0.4) is 0 Å². The summed E-state index contributed by atoms with van der Waals surface area (Å²) in [5.74, 6) is 0.256. The van der Waals surface area contributed by atoms with E-state index in [0.717, 1.165) is 24.2 Å². The minimum absolute atomic E-state index is 0.147. The lowest BCUT2D eigenvalue weighted by molar-refractivity contribution is -0.132. The van der Waals surface area contributed by atoms with Crippen LogP contribution < -0.4 is 10.2 Å². The maximum absolute atomic E-state index is 12.0. The summed E-state index contributed by atoms with van der Waals surface area (Å²) in [5.41, 5.74) is 1.88. The summed E-state index contributed by atoms with van der Waals surface area (Å²) >= 11 is 0. The van der Waals surface area contributed by atoms with Gasteiger partial charge in [0.1, 0.15) is 6.10 Å². The fourth-order valence-corrected chi connectivity index (χ4v) is 3.25. The molecule has 2 atom stereocenters. The molecule has 1 unspecified atom stereocenters. The van der Waals surface area contributed by atoms with Gasteiger partial charge in [-0.25, -0.2) is 4.79 Å². The van der Waals surface area contributed by atoms with Crippen molar-refractivity contribution in [2.24, 2.45) is 0 Å². The minimum atomic E-state index is -0.405. The van der Waals surface area contributed by atoms with Gasteiger partial charge in [0.25, 0.3) is 0 Å². The number of carbonyl (C=O) groups excluding carboxylic acids is 3. The largest absolute Gasteiger partial charge is 0.442 e. The molecule has 1 N–H and O–H groups in total. The summed E-state index contributed by atoms with van der Waals surface area (Å²) in [6.45, 7) is 2.92. The number of anilines is 1. The van der Waals surface area contributed by atoms with E-state index in [-0.39, 0.29) is 23.8 Å². The van der Waals surface area contributed by atoms with Crippen LogP contribution in [0.25, 0.3) is 0 Å². The molecule has 0 aliphatic carbocycles. The molecule has 0 bridgehead atoms. The van der Waals surface area contributed by atoms with E-state index < -0.39 is 6.09 Å². The number of carbonyl (C=O) groups is 3. The molecule has 1 aromatic carbocycles. The van der Waals surface area contributed by atoms with E-state index in [9.17, 15) is 14.4 Å². The van der Waals surface area contributed by atoms with Crippen LogP contribution in [-0.2, 0) is 14.3 Å². The van der Waals surface area contributed by atoms with Gasteiger partial charge in [0.05, 0.1) is 13.1 Å². The van der Waals surface area contributed by atoms with Crippen molar-refractivity contribution in [3.8, 4) is 0 Å². The maximum atomic E-state index is 12.0. The molecule has 2 aliphatic rings. The lowest BCUT2D eigenvalue weighted by Gasteiger charge is -2.29. The summed E-state index contributed by atoms with van der Waals surface area (Å²) < 4.78 is 5.27. The van der Waals surface area contributed by atoms with E-state index in [4.69, 9.17) is 4.74 Å². The van der Waals surface area contributed by atoms with Gasteiger partial charge >= 0.3 is 6.09 Å². The van der Waals surface area contributed by atoms with Crippen molar-refractivity contribution in [2.45, 2.75) is 31.8 Å². The van der Waals surface area contributed by atoms with Gasteiger partial charge in [-0.15, -0.1) is 0 Å². The minimum Gasteiger partial charge on any atom is -0.442 e. The number of hydrogen-bond donors (Lipinski definition) is 1. The molecule has 134 valence electrons. The van der Waals surface area contributed by atoms with Gasteiger partial charge in [0, 0.05) is 32.6 Å². The Morgan fingerprint density at radius 1 is 1.28 bits per heavy atom. The molecular weight excluding hydrogens is 322 g/mol. The predicted molar refractivity (Wildman–Crippen MR) is 92.4 cm³/mol. The molecule has 1 aromatic rings. The first kappa shape index (κ1) is 17.3. The highest BCUT2D eigenvalue weighted by atomic mass is 16.6. The number of cyclic esters (lactones) is 1. The summed E-state index contributed by atoms with van der Waals surface area (Å²) in [5, 5.41) is 2.66. The third-order valence-electron chi connectivity index (χ3n) is 4.79. The zero-order valence-electron chi connectivity index (χ0n) is 14.5. The molecule has 2 fully saturated rings. The highest BCUT2D eigenvalue weighted by molar-refractivity contribution is 5.89. The Labute approximate surface area is 146 Å². The van der Waals surface area contributed by atoms with E-state index >= 15 is 0 Å². The average Bonchev–Trinajstić information content (AvgIpc) is 2.96. The second-order valence-corrected chi connectivity index (χ2v) is 6.65. The summed E-state index contributed by atoms with van der Waals surface area (Å²) in [4.78, 5) is 38.2. The molecule has 2 saturated heterocycles. The first-order valence-electron chi connectivity index (χ1n) is 8.50. The molecule has 3 rings (SSSR count). The molecule has 7 heteroatoms. The highest BCUT2D eigenvalue weighted by Crippen LogP contribution is 2.30. The Morgan fingerprint density at radius 3 is 2.64 bits per heavy atom. The van der Waals surface area contributed by atoms with Crippen molar-refractivity contribution in [1.82, 2.24) is 10.2 Å². The summed E-state index contributed by atoms with van der Waals surface area (Å²) in [6, 6.07) is 7.74. The van der Waals surface area contributed by atoms with Crippen molar-refractivity contribution >= 4 is 23.6 Å². The molecular formula is C18H23N3O4. The molecule has 3 amide bonds. The standard InChI is InChI=1S/C18H23N3O4/c1-12(22)19-10-16-11-21(18(24)25-16)15-5-3-13(4-6-15)14-7-8-20(2)17(23)9-14/h3-6,14,16H,7-11H2,1-2H3,(H,19,22)/t14?,16-/m0/s1. The zero-order valence-corrected chi connectivity index (χ0v) is 14.5. The second-order valence-electron chi connectivity index (χ2n) is 6.65. The highest BCUT2D eigenvalue weighted by Gasteiger charge is 2.32. The van der Waals surface area contributed by atoms with E-state index in [1.807, 2.05) is 31.3 Å². The van der Waals surface area contributed by atoms with Gasteiger partial charge in [-0.05, 0) is 30.0 Å². The van der Waals surface area contributed by atoms with Gasteiger partial charge in [-0.3, -0.25) is 14.5 Å². The van der Waals surface area contributed by atoms with Crippen molar-refractivity contribution in [2.75, 3.05) is 31.6 Å². The van der Waals surface area contributed by atoms with Crippen LogP contribution in [0.15, 0.2) is 24.3 Å². The molecule has 0 spiro atoms. The van der Waals surface area contributed by atoms with Crippen LogP contribution >= 0.6 is 0 Å². The monoisotopic (exact) mass is 345 g/mol. The fraction of sp³-hybridized carbons (Fsp3) is 0.500. The van der Waals surface area contributed by atoms with E-state index in [1.165, 1.54) is 6.92 Å². The fourth-order valence-electron chi connectivity index (χ4n) is 3.25. The third kappa shape index (κ3) is 3.92. The van der Waals surface area contributed by atoms with Crippen molar-refractivity contribution in [3.05, 3.63) is 29.8 Å². The maximum Gasteiger partial charge on any atom is 0.414 e. The smallest absolute Gasteiger partial charge is 0.414 e. The second kappa shape index (κ2) is 7.13. The van der Waals surface area contributed by atoms with Crippen LogP contribution in [0.1, 0.15) is 31.2 Å². The zero-order chi connectivity index (χ0) is 18.0. The summed E-state index contributed by atoms with van der Waals surface area (Å²) in [6.07, 6.45) is 0.729. The van der Waals surface area contributed by atoms with E-state index in [0.29, 0.717) is 19.5 Å². The van der Waals surface area contributed by atoms with Crippen LogP contribution in [0.4, 0.5) is 10.5 Å². The Balaban J connectivity index is 1.63. The number of nitrogens with one attached hydrogen (secondary N) is 1. The van der Waals surface area contributed by atoms with Crippen LogP contribution in [0, 0.1) is 0 Å². The first-order chi connectivity index (χ1) is 11.9. The van der Waals surface area contributed by atoms with Crippen LogP contribution in [0.2, 0.25) is 0 Å². The number of likely N-dealkylation sites (tertiary alicyclic amines) is 1. The van der Waals surface area contributed by atoms with Crippen molar-refractivity contribution in [3.63, 3.8) is 0 Å². The molecule has 2 heterocycles. The third-order valence-corrected chi connectivity index (χ3v) is 4.79. The first-order valence-corrected chi connectivity index (χ1v) is 8.50. The Hall–Kier alpha value is -2.57. The number of benzene rings is 1. The van der Waals surface area contributed by atoms with Crippen LogP contribution in [0.5, 0.6) is 0 Å². The van der Waals surface area contributed by atoms with Crippen molar-refractivity contribution < 1.29 is 19.1 Å². The molecule has 7 nitrogen and oxygen atoms in total. The number of nitrogens with zero attached hydrogens (tertiary/aromatic N) is 2. The quantitative estimate of drug-likeness (QED) is 0.897. The number of amides is 3. The van der Waals surface area contributed by atoms with Gasteiger partial charge in [0.2, 0.25) is 11.8 Å². The van der Waals surface area contributed by atoms with Gasteiger partial charge in [0.15, 0.2) is 0 Å². The lowest BCUT2D eigenvalue weighted by atomic mass is 9.89. The Kier molecular flexibility index (Phi) is 4.92. The van der Waals surface area contributed by atoms with Gasteiger partial charge < -0.3 is 15.0 Å². The van der Waals surface area contributed by atoms with Gasteiger partial charge in [-0.2, -0.15) is 0 Å². The van der Waals surface area contributed by atoms with Gasteiger partial charge in [-0.1, -0.05) is 12.1 Å². The predicted octanol–water partition coefficient (Wildman–Crippen LogP) is 1.48. The SMILES string of the molecule is CC(=O)NC[C@H]1CN(c2ccc(C3CCN(C)C(=O)C3)cc2)C(=O)O1. The normalized spacial score (nSPS) is 23.6. The number of hydrogen-bond acceptors (Lipinski definition) is 4. The van der Waals surface area contributed by atoms with E-state index in [2.05, 4.69) is 5.32 Å². The summed E-state index contributed by atoms with van der Waals surface area (Å²) in [7, 11) is 1.83. The topological polar surface area (TPSA) is 79.0 Å². The van der Waals surface area contributed by atoms with E-state index in [1.54, 1.807) is 9.80 Å². The average molecular weight is 345 g/mol. The molecule has 0 aromatic heterocycles. The van der Waals surface area contributed by atoms with Crippen molar-refractivity contribution in [1.29, 1.82) is 0 Å². The van der Waals surface area contributed by atoms with Crippen LogP contribution in [-0.4, -0.2) is 55.6 Å². The molecule has 2 aliphatic heterocycles. The Bertz CT molecular complexity index is 673. The molecule has 25 heavy (non-hydrogen) atoms. The number of ether oxygens (including phenoxy) is 1. The molecule has 0 radical (unpaired) electrons. The number of piperidine rings is 1. The number of rotatable bonds is 4. The lowest BCUT2D eigenvalue weighted by Crippen LogP contribution is -2.34. The Morgan fingerprint density at radius 2 is 2.00 bits per heavy atom.